The van der Waals surface area contributed by atoms with Crippen molar-refractivity contribution in [1.29, 1.82) is 0 Å². The van der Waals surface area contributed by atoms with Crippen LogP contribution in [0.4, 0.5) is 5.69 Å². The zero-order valence-corrected chi connectivity index (χ0v) is 10.4. The molecule has 0 aliphatic heterocycles. The van der Waals surface area contributed by atoms with Crippen molar-refractivity contribution in [3.63, 3.8) is 0 Å². The molecule has 1 N–H and O–H groups in total. The Bertz CT molecular complexity index is 284. The van der Waals surface area contributed by atoms with Gasteiger partial charge in [0, 0.05) is 12.2 Å². The van der Waals surface area contributed by atoms with Gasteiger partial charge in [-0.2, -0.15) is 0 Å². The quantitative estimate of drug-likeness (QED) is 0.761. The monoisotopic (exact) mass is 205 g/mol. The first-order valence-corrected chi connectivity index (χ1v) is 5.95. The maximum absolute atomic E-state index is 3.57. The van der Waals surface area contributed by atoms with E-state index in [9.17, 15) is 0 Å². The number of hydrogen-bond donors (Lipinski definition) is 1. The van der Waals surface area contributed by atoms with Crippen molar-refractivity contribution in [2.45, 2.75) is 40.5 Å². The first-order chi connectivity index (χ1) is 7.15. The molecule has 0 aliphatic rings. The van der Waals surface area contributed by atoms with Gasteiger partial charge < -0.3 is 5.32 Å². The summed E-state index contributed by atoms with van der Waals surface area (Å²) in [5.41, 5.74) is 4.01. The minimum absolute atomic E-state index is 0.758. The number of benzene rings is 1. The summed E-state index contributed by atoms with van der Waals surface area (Å²) in [5.74, 6) is 0.758. The number of anilines is 1. The van der Waals surface area contributed by atoms with Gasteiger partial charge in [0.25, 0.3) is 0 Å². The van der Waals surface area contributed by atoms with Crippen molar-refractivity contribution >= 4 is 5.69 Å². The Labute approximate surface area is 93.9 Å². The van der Waals surface area contributed by atoms with E-state index < -0.39 is 0 Å². The van der Waals surface area contributed by atoms with Gasteiger partial charge in [0.2, 0.25) is 0 Å². The van der Waals surface area contributed by atoms with E-state index in [-0.39, 0.29) is 0 Å². The van der Waals surface area contributed by atoms with Crippen LogP contribution in [0.1, 0.15) is 37.8 Å². The second-order valence-corrected chi connectivity index (χ2v) is 4.54. The molecule has 0 aromatic heterocycles. The molecule has 84 valence electrons. The van der Waals surface area contributed by atoms with Crippen molar-refractivity contribution in [2.75, 3.05) is 11.9 Å². The Kier molecular flexibility index (Phi) is 4.67. The molecule has 0 spiro atoms. The largest absolute Gasteiger partial charge is 0.384 e. The smallest absolute Gasteiger partial charge is 0.0399 e. The molecule has 0 radical (unpaired) electrons. The van der Waals surface area contributed by atoms with Gasteiger partial charge in [-0.1, -0.05) is 38.5 Å². The fraction of sp³-hybridized carbons (Fsp3) is 0.571. The van der Waals surface area contributed by atoms with E-state index >= 15 is 0 Å². The van der Waals surface area contributed by atoms with Crippen molar-refractivity contribution in [3.05, 3.63) is 29.3 Å². The van der Waals surface area contributed by atoms with E-state index in [0.717, 1.165) is 12.5 Å². The third-order valence-electron chi connectivity index (χ3n) is 2.89. The molecule has 0 saturated carbocycles. The zero-order valence-electron chi connectivity index (χ0n) is 10.4. The summed E-state index contributed by atoms with van der Waals surface area (Å²) in [6.07, 6.45) is 2.58. The second kappa shape index (κ2) is 5.79. The molecule has 0 aliphatic carbocycles. The van der Waals surface area contributed by atoms with Crippen molar-refractivity contribution < 1.29 is 0 Å². The lowest BCUT2D eigenvalue weighted by Gasteiger charge is -2.16. The van der Waals surface area contributed by atoms with Crippen LogP contribution in [-0.2, 0) is 0 Å². The van der Waals surface area contributed by atoms with Crippen LogP contribution in [0, 0.1) is 19.8 Å². The van der Waals surface area contributed by atoms with Crippen LogP contribution in [-0.4, -0.2) is 6.54 Å². The van der Waals surface area contributed by atoms with Gasteiger partial charge in [0.1, 0.15) is 0 Å². The van der Waals surface area contributed by atoms with Gasteiger partial charge in [-0.05, 0) is 37.3 Å². The SMILES string of the molecule is CCCC(C)CNc1c(C)cccc1C. The minimum Gasteiger partial charge on any atom is -0.384 e. The van der Waals surface area contributed by atoms with Gasteiger partial charge in [0.05, 0.1) is 0 Å². The van der Waals surface area contributed by atoms with Crippen LogP contribution >= 0.6 is 0 Å². The molecular formula is C14H23N. The highest BCUT2D eigenvalue weighted by Gasteiger charge is 2.04. The summed E-state index contributed by atoms with van der Waals surface area (Å²) in [6.45, 7) is 9.97. The zero-order chi connectivity index (χ0) is 11.3. The van der Waals surface area contributed by atoms with Crippen LogP contribution in [0.5, 0.6) is 0 Å². The fourth-order valence-corrected chi connectivity index (χ4v) is 1.96. The molecule has 0 saturated heterocycles. The molecule has 1 atom stereocenters. The highest BCUT2D eigenvalue weighted by atomic mass is 14.9. The molecule has 15 heavy (non-hydrogen) atoms. The molecule has 0 fully saturated rings. The van der Waals surface area contributed by atoms with Gasteiger partial charge in [-0.3, -0.25) is 0 Å². The molecular weight excluding hydrogens is 182 g/mol. The fourth-order valence-electron chi connectivity index (χ4n) is 1.96. The highest BCUT2D eigenvalue weighted by Crippen LogP contribution is 2.20. The van der Waals surface area contributed by atoms with Crippen LogP contribution in [0.25, 0.3) is 0 Å². The van der Waals surface area contributed by atoms with Crippen LogP contribution in [0.3, 0.4) is 0 Å². The molecule has 0 heterocycles. The van der Waals surface area contributed by atoms with E-state index in [1.54, 1.807) is 0 Å². The summed E-state index contributed by atoms with van der Waals surface area (Å²) in [7, 11) is 0. The summed E-state index contributed by atoms with van der Waals surface area (Å²) in [6, 6.07) is 6.45. The molecule has 1 nitrogen and oxygen atoms in total. The molecule has 1 heteroatoms. The molecule has 1 aromatic carbocycles. The summed E-state index contributed by atoms with van der Waals surface area (Å²) < 4.78 is 0. The third-order valence-corrected chi connectivity index (χ3v) is 2.89. The molecule has 1 aromatic rings. The standard InChI is InChI=1S/C14H23N/c1-5-7-11(2)10-15-14-12(3)8-6-9-13(14)4/h6,8-9,11,15H,5,7,10H2,1-4H3. The number of aryl methyl sites for hydroxylation is 2. The Morgan fingerprint density at radius 3 is 2.33 bits per heavy atom. The third kappa shape index (κ3) is 3.58. The predicted octanol–water partition coefficient (Wildman–Crippen LogP) is 4.15. The van der Waals surface area contributed by atoms with E-state index in [1.165, 1.54) is 29.7 Å². The summed E-state index contributed by atoms with van der Waals surface area (Å²) in [4.78, 5) is 0. The Hall–Kier alpha value is -0.980. The van der Waals surface area contributed by atoms with Gasteiger partial charge >= 0.3 is 0 Å². The lowest BCUT2D eigenvalue weighted by atomic mass is 10.0. The van der Waals surface area contributed by atoms with Gasteiger partial charge in [-0.15, -0.1) is 0 Å². The molecule has 0 amide bonds. The maximum Gasteiger partial charge on any atom is 0.0399 e. The van der Waals surface area contributed by atoms with E-state index in [4.69, 9.17) is 0 Å². The molecule has 0 bridgehead atoms. The van der Waals surface area contributed by atoms with Gasteiger partial charge in [0.15, 0.2) is 0 Å². The van der Waals surface area contributed by atoms with Crippen LogP contribution in [0.15, 0.2) is 18.2 Å². The normalized spacial score (nSPS) is 12.5. The van der Waals surface area contributed by atoms with Crippen molar-refractivity contribution in [3.8, 4) is 0 Å². The van der Waals surface area contributed by atoms with Crippen LogP contribution < -0.4 is 5.32 Å². The first kappa shape index (κ1) is 12.1. The molecule has 1 rings (SSSR count). The second-order valence-electron chi connectivity index (χ2n) is 4.54. The summed E-state index contributed by atoms with van der Waals surface area (Å²) in [5, 5.41) is 3.57. The Morgan fingerprint density at radius 1 is 1.20 bits per heavy atom. The van der Waals surface area contributed by atoms with Crippen molar-refractivity contribution in [2.24, 2.45) is 5.92 Å². The van der Waals surface area contributed by atoms with Crippen molar-refractivity contribution in [1.82, 2.24) is 0 Å². The van der Waals surface area contributed by atoms with Gasteiger partial charge in [-0.25, -0.2) is 0 Å². The summed E-state index contributed by atoms with van der Waals surface area (Å²) >= 11 is 0. The maximum atomic E-state index is 3.57. The lowest BCUT2D eigenvalue weighted by Crippen LogP contribution is -2.12. The first-order valence-electron chi connectivity index (χ1n) is 5.95. The Balaban J connectivity index is 2.57. The van der Waals surface area contributed by atoms with Crippen LogP contribution in [0.2, 0.25) is 0 Å². The Morgan fingerprint density at radius 2 is 1.80 bits per heavy atom. The average Bonchev–Trinajstić information content (AvgIpc) is 2.17. The number of hydrogen-bond acceptors (Lipinski definition) is 1. The van der Waals surface area contributed by atoms with E-state index in [0.29, 0.717) is 0 Å². The van der Waals surface area contributed by atoms with E-state index in [1.807, 2.05) is 0 Å². The minimum atomic E-state index is 0.758. The number of para-hydroxylation sites is 1. The highest BCUT2D eigenvalue weighted by molar-refractivity contribution is 5.56. The average molecular weight is 205 g/mol. The number of rotatable bonds is 5. The number of nitrogens with one attached hydrogen (secondary N) is 1. The topological polar surface area (TPSA) is 12.0 Å². The predicted molar refractivity (Wildman–Crippen MR) is 68.5 cm³/mol. The van der Waals surface area contributed by atoms with E-state index in [2.05, 4.69) is 51.2 Å². The lowest BCUT2D eigenvalue weighted by molar-refractivity contribution is 0.550. The molecule has 1 unspecified atom stereocenters.